The molecule has 3 heterocycles. The molecule has 190 valence electrons. The fraction of sp³-hybridized carbons (Fsp3) is 0.179. The first kappa shape index (κ1) is 24.5. The lowest BCUT2D eigenvalue weighted by molar-refractivity contribution is -0.384. The number of Topliss-reactive ketones (excluding diaryl/α,β-unsaturated/α-hetero) is 1. The second-order valence-electron chi connectivity index (χ2n) is 9.57. The molecule has 3 aromatic carbocycles. The zero-order chi connectivity index (χ0) is 26.9. The highest BCUT2D eigenvalue weighted by Gasteiger charge is 2.64. The van der Waals surface area contributed by atoms with Crippen LogP contribution in [0.25, 0.3) is 6.08 Å². The number of benzene rings is 3. The molecule has 0 spiro atoms. The summed E-state index contributed by atoms with van der Waals surface area (Å²) in [5.74, 6) is -3.13. The van der Waals surface area contributed by atoms with Gasteiger partial charge in [-0.05, 0) is 48.4 Å². The molecule has 0 saturated carbocycles. The molecule has 6 rings (SSSR count). The predicted octanol–water partition coefficient (Wildman–Crippen LogP) is 5.59. The molecule has 38 heavy (non-hydrogen) atoms. The monoisotopic (exact) mass is 591 g/mol. The number of halogens is 2. The van der Waals surface area contributed by atoms with Crippen LogP contribution in [-0.2, 0) is 9.59 Å². The Balaban J connectivity index is 1.50. The van der Waals surface area contributed by atoms with E-state index in [9.17, 15) is 24.5 Å². The maximum atomic E-state index is 14.1. The third kappa shape index (κ3) is 3.60. The van der Waals surface area contributed by atoms with Gasteiger partial charge in [-0.1, -0.05) is 57.9 Å². The molecular weight excluding hydrogens is 574 g/mol. The van der Waals surface area contributed by atoms with Gasteiger partial charge in [-0.2, -0.15) is 0 Å². The number of carbonyl (C=O) groups is 3. The summed E-state index contributed by atoms with van der Waals surface area (Å²) in [6, 6.07) is 14.7. The molecule has 10 heteroatoms. The van der Waals surface area contributed by atoms with Gasteiger partial charge in [0.15, 0.2) is 5.78 Å². The first-order valence-electron chi connectivity index (χ1n) is 11.9. The van der Waals surface area contributed by atoms with Crippen LogP contribution in [-0.4, -0.2) is 34.6 Å². The van der Waals surface area contributed by atoms with Gasteiger partial charge in [-0.3, -0.25) is 24.5 Å². The van der Waals surface area contributed by atoms with E-state index in [4.69, 9.17) is 11.6 Å². The van der Waals surface area contributed by atoms with E-state index in [1.165, 1.54) is 18.2 Å². The van der Waals surface area contributed by atoms with Crippen LogP contribution in [0.2, 0.25) is 5.02 Å². The minimum atomic E-state index is -0.978. The van der Waals surface area contributed by atoms with E-state index in [0.29, 0.717) is 21.8 Å². The standard InChI is InChI=1S/C28H19BrClN3O5/c1-14-2-9-19(33(37)38)13-22(14)32-27(35)23-21-10-5-16-12-18(30)8-11-20(16)31(21)25(24(23)28(32)36)26(34)15-3-6-17(29)7-4-15/h2-13,21,23-25H,1H3/t21-,23+,24-,25+/m1/s1. The lowest BCUT2D eigenvalue weighted by Gasteiger charge is -2.36. The first-order chi connectivity index (χ1) is 18.2. The Morgan fingerprint density at radius 1 is 0.974 bits per heavy atom. The fourth-order valence-corrected chi connectivity index (χ4v) is 6.26. The summed E-state index contributed by atoms with van der Waals surface area (Å²) in [5.41, 5.74) is 2.39. The molecule has 0 aliphatic carbocycles. The van der Waals surface area contributed by atoms with Crippen LogP contribution >= 0.6 is 27.5 Å². The van der Waals surface area contributed by atoms with E-state index in [1.54, 1.807) is 49.4 Å². The molecule has 2 saturated heterocycles. The van der Waals surface area contributed by atoms with E-state index in [-0.39, 0.29) is 17.2 Å². The third-order valence-electron chi connectivity index (χ3n) is 7.51. The Kier molecular flexibility index (Phi) is 5.73. The van der Waals surface area contributed by atoms with Crippen molar-refractivity contribution in [2.75, 3.05) is 9.80 Å². The fourth-order valence-electron chi connectivity index (χ4n) is 5.82. The average Bonchev–Trinajstić information content (AvgIpc) is 3.36. The van der Waals surface area contributed by atoms with E-state index < -0.39 is 40.7 Å². The largest absolute Gasteiger partial charge is 0.352 e. The normalized spacial score (nSPS) is 23.3. The average molecular weight is 593 g/mol. The minimum Gasteiger partial charge on any atom is -0.352 e. The molecule has 0 bridgehead atoms. The molecule has 3 aliphatic heterocycles. The van der Waals surface area contributed by atoms with Gasteiger partial charge in [0.2, 0.25) is 11.8 Å². The molecule has 2 amide bonds. The number of hydrogen-bond donors (Lipinski definition) is 0. The van der Waals surface area contributed by atoms with Crippen LogP contribution in [0.15, 0.2) is 71.2 Å². The van der Waals surface area contributed by atoms with Crippen LogP contribution < -0.4 is 9.80 Å². The molecule has 2 fully saturated rings. The van der Waals surface area contributed by atoms with Crippen LogP contribution in [0.3, 0.4) is 0 Å². The quantitative estimate of drug-likeness (QED) is 0.169. The van der Waals surface area contributed by atoms with Crippen molar-refractivity contribution < 1.29 is 19.3 Å². The number of non-ortho nitro benzene ring substituents is 1. The summed E-state index contributed by atoms with van der Waals surface area (Å²) in [4.78, 5) is 55.8. The number of fused-ring (bicyclic) bond motifs is 5. The highest BCUT2D eigenvalue weighted by molar-refractivity contribution is 9.10. The summed E-state index contributed by atoms with van der Waals surface area (Å²) >= 11 is 9.61. The van der Waals surface area contributed by atoms with Gasteiger partial charge in [0.05, 0.1) is 28.5 Å². The van der Waals surface area contributed by atoms with Gasteiger partial charge in [0, 0.05) is 32.9 Å². The Morgan fingerprint density at radius 2 is 1.68 bits per heavy atom. The number of nitrogens with zero attached hydrogens (tertiary/aromatic N) is 3. The van der Waals surface area contributed by atoms with E-state index >= 15 is 0 Å². The summed E-state index contributed by atoms with van der Waals surface area (Å²) in [7, 11) is 0. The zero-order valence-electron chi connectivity index (χ0n) is 19.9. The predicted molar refractivity (Wildman–Crippen MR) is 146 cm³/mol. The van der Waals surface area contributed by atoms with Gasteiger partial charge in [0.1, 0.15) is 6.04 Å². The van der Waals surface area contributed by atoms with E-state index in [0.717, 1.165) is 14.9 Å². The topological polar surface area (TPSA) is 101 Å². The number of nitro benzene ring substituents is 1. The van der Waals surface area contributed by atoms with Gasteiger partial charge in [-0.25, -0.2) is 4.90 Å². The lowest BCUT2D eigenvalue weighted by Crippen LogP contribution is -2.49. The van der Waals surface area contributed by atoms with Crippen LogP contribution in [0, 0.1) is 28.9 Å². The summed E-state index contributed by atoms with van der Waals surface area (Å²) in [6.45, 7) is 1.69. The van der Waals surface area contributed by atoms with Crippen LogP contribution in [0.4, 0.5) is 17.1 Å². The number of rotatable bonds is 4. The smallest absolute Gasteiger partial charge is 0.271 e. The highest BCUT2D eigenvalue weighted by Crippen LogP contribution is 2.50. The summed E-state index contributed by atoms with van der Waals surface area (Å²) in [5, 5.41) is 12.0. The number of amides is 2. The first-order valence-corrected chi connectivity index (χ1v) is 13.0. The number of ketones is 1. The Morgan fingerprint density at radius 3 is 2.39 bits per heavy atom. The molecule has 4 atom stereocenters. The number of imide groups is 1. The van der Waals surface area contributed by atoms with Crippen LogP contribution in [0.5, 0.6) is 0 Å². The Labute approximate surface area is 230 Å². The SMILES string of the molecule is Cc1ccc([N+](=O)[O-])cc1N1C(=O)[C@@H]2[C@@H](C1=O)[C@@H](C(=O)c1ccc(Br)cc1)N1c3ccc(Cl)cc3C=C[C@H]21. The number of aryl methyl sites for hydroxylation is 1. The molecular formula is C28H19BrClN3O5. The van der Waals surface area contributed by atoms with Gasteiger partial charge in [-0.15, -0.1) is 0 Å². The molecule has 3 aliphatic rings. The van der Waals surface area contributed by atoms with Crippen molar-refractivity contribution in [3.63, 3.8) is 0 Å². The van der Waals surface area contributed by atoms with E-state index in [1.807, 2.05) is 17.1 Å². The zero-order valence-corrected chi connectivity index (χ0v) is 22.2. The molecule has 0 unspecified atom stereocenters. The lowest BCUT2D eigenvalue weighted by atomic mass is 9.86. The maximum Gasteiger partial charge on any atom is 0.271 e. The number of hydrogen-bond acceptors (Lipinski definition) is 6. The third-order valence-corrected chi connectivity index (χ3v) is 8.27. The number of anilines is 2. The van der Waals surface area contributed by atoms with E-state index in [2.05, 4.69) is 15.9 Å². The van der Waals surface area contributed by atoms with Crippen molar-refractivity contribution in [3.8, 4) is 0 Å². The Bertz CT molecular complexity index is 1590. The van der Waals surface area contributed by atoms with Gasteiger partial charge >= 0.3 is 0 Å². The number of carbonyl (C=O) groups excluding carboxylic acids is 3. The molecule has 3 aromatic rings. The van der Waals surface area contributed by atoms with Crippen LogP contribution in [0.1, 0.15) is 21.5 Å². The highest BCUT2D eigenvalue weighted by atomic mass is 79.9. The van der Waals surface area contributed by atoms with Gasteiger partial charge < -0.3 is 4.90 Å². The summed E-state index contributed by atoms with van der Waals surface area (Å²) in [6.07, 6.45) is 3.69. The van der Waals surface area contributed by atoms with Crippen molar-refractivity contribution in [2.24, 2.45) is 11.8 Å². The molecule has 0 radical (unpaired) electrons. The van der Waals surface area contributed by atoms with Crippen molar-refractivity contribution >= 4 is 68.3 Å². The molecule has 0 aromatic heterocycles. The minimum absolute atomic E-state index is 0.164. The maximum absolute atomic E-state index is 14.1. The number of nitro groups is 1. The second kappa shape index (κ2) is 8.89. The van der Waals surface area contributed by atoms with Crippen molar-refractivity contribution in [1.82, 2.24) is 0 Å². The summed E-state index contributed by atoms with van der Waals surface area (Å²) < 4.78 is 0.802. The van der Waals surface area contributed by atoms with Gasteiger partial charge in [0.25, 0.3) is 5.69 Å². The Hall–Kier alpha value is -3.82. The molecule has 8 nitrogen and oxygen atoms in total. The van der Waals surface area contributed by atoms with Crippen molar-refractivity contribution in [1.29, 1.82) is 0 Å². The van der Waals surface area contributed by atoms with Crippen molar-refractivity contribution in [3.05, 3.63) is 103 Å². The molecule has 0 N–H and O–H groups in total. The van der Waals surface area contributed by atoms with Crippen molar-refractivity contribution in [2.45, 2.75) is 19.0 Å². The second-order valence-corrected chi connectivity index (χ2v) is 10.9.